The molecule has 0 bridgehead atoms. The second kappa shape index (κ2) is 3.60. The number of fused-ring (bicyclic) bond motifs is 2. The van der Waals surface area contributed by atoms with Crippen LogP contribution < -0.4 is 0 Å². The van der Waals surface area contributed by atoms with Gasteiger partial charge in [-0.2, -0.15) is 0 Å². The fraction of sp³-hybridized carbons (Fsp3) is 0.316. The van der Waals surface area contributed by atoms with Crippen molar-refractivity contribution < 1.29 is 0 Å². The molecule has 0 radical (unpaired) electrons. The summed E-state index contributed by atoms with van der Waals surface area (Å²) in [5.74, 6) is 0. The van der Waals surface area contributed by atoms with Crippen LogP contribution in [-0.2, 0) is 11.8 Å². The molecule has 0 saturated carbocycles. The predicted octanol–water partition coefficient (Wildman–Crippen LogP) is 4.84. The molecule has 1 aliphatic carbocycles. The molecule has 1 heteroatoms. The average Bonchev–Trinajstić information content (AvgIpc) is 2.69. The summed E-state index contributed by atoms with van der Waals surface area (Å²) >= 11 is 0. The maximum atomic E-state index is 4.71. The van der Waals surface area contributed by atoms with E-state index in [1.165, 1.54) is 43.9 Å². The van der Waals surface area contributed by atoms with Gasteiger partial charge < -0.3 is 0 Å². The Labute approximate surface area is 119 Å². The first-order valence-corrected chi connectivity index (χ1v) is 7.30. The van der Waals surface area contributed by atoms with Crippen LogP contribution in [0.25, 0.3) is 21.7 Å². The molecule has 0 N–H and O–H groups in total. The van der Waals surface area contributed by atoms with Gasteiger partial charge in [0, 0.05) is 17.0 Å². The number of hydrogen-bond donors (Lipinski definition) is 0. The molecule has 0 spiro atoms. The SMILES string of the molecule is Cc1ccc2c(c1)c(C)c1c3c(ccnc32)C(C)(C)C1. The summed E-state index contributed by atoms with van der Waals surface area (Å²) in [6.45, 7) is 9.12. The van der Waals surface area contributed by atoms with Gasteiger partial charge in [0.05, 0.1) is 5.52 Å². The highest BCUT2D eigenvalue weighted by Gasteiger charge is 2.33. The van der Waals surface area contributed by atoms with Crippen molar-refractivity contribution in [3.8, 4) is 0 Å². The molecule has 20 heavy (non-hydrogen) atoms. The normalized spacial score (nSPS) is 16.2. The third-order valence-corrected chi connectivity index (χ3v) is 4.89. The van der Waals surface area contributed by atoms with Crippen molar-refractivity contribution in [1.29, 1.82) is 0 Å². The highest BCUT2D eigenvalue weighted by Crippen LogP contribution is 2.45. The van der Waals surface area contributed by atoms with Gasteiger partial charge in [0.15, 0.2) is 0 Å². The number of aryl methyl sites for hydroxylation is 2. The topological polar surface area (TPSA) is 12.9 Å². The van der Waals surface area contributed by atoms with Crippen LogP contribution in [0.2, 0.25) is 0 Å². The van der Waals surface area contributed by atoms with Crippen LogP contribution in [0.5, 0.6) is 0 Å². The Morgan fingerprint density at radius 1 is 1.05 bits per heavy atom. The first kappa shape index (κ1) is 11.9. The van der Waals surface area contributed by atoms with Crippen molar-refractivity contribution in [2.75, 3.05) is 0 Å². The lowest BCUT2D eigenvalue weighted by Gasteiger charge is -2.18. The molecule has 4 rings (SSSR count). The second-order valence-corrected chi connectivity index (χ2v) is 6.80. The van der Waals surface area contributed by atoms with Crippen molar-refractivity contribution in [2.24, 2.45) is 0 Å². The van der Waals surface area contributed by atoms with E-state index < -0.39 is 0 Å². The van der Waals surface area contributed by atoms with E-state index in [9.17, 15) is 0 Å². The number of nitrogens with zero attached hydrogens (tertiary/aromatic N) is 1. The number of pyridine rings is 1. The molecule has 0 fully saturated rings. The minimum atomic E-state index is 0.223. The summed E-state index contributed by atoms with van der Waals surface area (Å²) in [6, 6.07) is 8.94. The van der Waals surface area contributed by atoms with Crippen LogP contribution in [0.1, 0.15) is 36.1 Å². The lowest BCUT2D eigenvalue weighted by Crippen LogP contribution is -2.15. The standard InChI is InChI=1S/C19H19N/c1-11-5-6-13-14(9-11)12(2)15-10-19(3,4)16-7-8-20-18(13)17(15)16/h5-9H,10H2,1-4H3. The minimum Gasteiger partial charge on any atom is -0.256 e. The van der Waals surface area contributed by atoms with Crippen LogP contribution in [0.15, 0.2) is 30.5 Å². The fourth-order valence-corrected chi connectivity index (χ4v) is 3.82. The summed E-state index contributed by atoms with van der Waals surface area (Å²) in [5, 5.41) is 4.08. The number of hydrogen-bond acceptors (Lipinski definition) is 1. The smallest absolute Gasteiger partial charge is 0.0786 e. The highest BCUT2D eigenvalue weighted by atomic mass is 14.7. The monoisotopic (exact) mass is 261 g/mol. The zero-order valence-electron chi connectivity index (χ0n) is 12.5. The molecular weight excluding hydrogens is 242 g/mol. The molecular formula is C19H19N. The molecule has 0 saturated heterocycles. The van der Waals surface area contributed by atoms with Gasteiger partial charge >= 0.3 is 0 Å². The maximum Gasteiger partial charge on any atom is 0.0786 e. The third kappa shape index (κ3) is 1.35. The molecule has 1 nitrogen and oxygen atoms in total. The predicted molar refractivity (Wildman–Crippen MR) is 85.5 cm³/mol. The van der Waals surface area contributed by atoms with Gasteiger partial charge in [0.1, 0.15) is 0 Å². The lowest BCUT2D eigenvalue weighted by molar-refractivity contribution is 0.545. The molecule has 2 aromatic carbocycles. The Morgan fingerprint density at radius 3 is 2.65 bits per heavy atom. The second-order valence-electron chi connectivity index (χ2n) is 6.80. The number of benzene rings is 2. The van der Waals surface area contributed by atoms with Crippen molar-refractivity contribution in [2.45, 2.75) is 39.5 Å². The van der Waals surface area contributed by atoms with Crippen molar-refractivity contribution in [3.63, 3.8) is 0 Å². The molecule has 1 heterocycles. The molecule has 3 aromatic rings. The van der Waals surface area contributed by atoms with Crippen molar-refractivity contribution >= 4 is 21.7 Å². The van der Waals surface area contributed by atoms with Crippen molar-refractivity contribution in [1.82, 2.24) is 4.98 Å². The van der Waals surface area contributed by atoms with Crippen LogP contribution >= 0.6 is 0 Å². The quantitative estimate of drug-likeness (QED) is 0.528. The van der Waals surface area contributed by atoms with Gasteiger partial charge in [0.2, 0.25) is 0 Å². The van der Waals surface area contributed by atoms with E-state index in [4.69, 9.17) is 4.98 Å². The van der Waals surface area contributed by atoms with Crippen LogP contribution in [0.3, 0.4) is 0 Å². The van der Waals surface area contributed by atoms with E-state index in [1.54, 1.807) is 0 Å². The Morgan fingerprint density at radius 2 is 1.85 bits per heavy atom. The van der Waals surface area contributed by atoms with E-state index >= 15 is 0 Å². The van der Waals surface area contributed by atoms with Gasteiger partial charge in [-0.25, -0.2) is 0 Å². The largest absolute Gasteiger partial charge is 0.256 e. The van der Waals surface area contributed by atoms with E-state index in [1.807, 2.05) is 6.20 Å². The Bertz CT molecular complexity index is 872. The van der Waals surface area contributed by atoms with Crippen LogP contribution in [-0.4, -0.2) is 4.98 Å². The van der Waals surface area contributed by atoms with Gasteiger partial charge in [-0.05, 0) is 53.8 Å². The van der Waals surface area contributed by atoms with E-state index in [2.05, 4.69) is 52.0 Å². The van der Waals surface area contributed by atoms with Gasteiger partial charge in [-0.15, -0.1) is 0 Å². The molecule has 0 unspecified atom stereocenters. The van der Waals surface area contributed by atoms with Gasteiger partial charge in [0.25, 0.3) is 0 Å². The van der Waals surface area contributed by atoms with Gasteiger partial charge in [-0.1, -0.05) is 37.6 Å². The summed E-state index contributed by atoms with van der Waals surface area (Å²) in [6.07, 6.45) is 3.10. The van der Waals surface area contributed by atoms with E-state index in [-0.39, 0.29) is 5.41 Å². The zero-order valence-corrected chi connectivity index (χ0v) is 12.5. The first-order valence-electron chi connectivity index (χ1n) is 7.30. The molecule has 1 aromatic heterocycles. The Balaban J connectivity index is 2.30. The maximum absolute atomic E-state index is 4.71. The molecule has 100 valence electrons. The van der Waals surface area contributed by atoms with Crippen LogP contribution in [0.4, 0.5) is 0 Å². The average molecular weight is 261 g/mol. The minimum absolute atomic E-state index is 0.223. The van der Waals surface area contributed by atoms with E-state index in [0.29, 0.717) is 0 Å². The number of rotatable bonds is 0. The van der Waals surface area contributed by atoms with Crippen molar-refractivity contribution in [3.05, 3.63) is 52.7 Å². The first-order chi connectivity index (χ1) is 9.49. The molecule has 0 aliphatic heterocycles. The molecule has 0 amide bonds. The van der Waals surface area contributed by atoms with Crippen LogP contribution in [0, 0.1) is 13.8 Å². The Hall–Kier alpha value is -1.89. The summed E-state index contributed by atoms with van der Waals surface area (Å²) in [5.41, 5.74) is 7.13. The zero-order chi connectivity index (χ0) is 14.1. The molecule has 0 atom stereocenters. The lowest BCUT2D eigenvalue weighted by atomic mass is 9.86. The summed E-state index contributed by atoms with van der Waals surface area (Å²) in [7, 11) is 0. The summed E-state index contributed by atoms with van der Waals surface area (Å²) in [4.78, 5) is 4.71. The highest BCUT2D eigenvalue weighted by molar-refractivity contribution is 6.10. The third-order valence-electron chi connectivity index (χ3n) is 4.89. The van der Waals surface area contributed by atoms with E-state index in [0.717, 1.165) is 6.42 Å². The Kier molecular flexibility index (Phi) is 2.14. The fourth-order valence-electron chi connectivity index (χ4n) is 3.82. The number of aromatic nitrogens is 1. The molecule has 1 aliphatic rings. The summed E-state index contributed by atoms with van der Waals surface area (Å²) < 4.78 is 0. The van der Waals surface area contributed by atoms with Gasteiger partial charge in [-0.3, -0.25) is 4.98 Å².